The minimum Gasteiger partial charge on any atom is -0.481 e. The number of carboxylic acids is 1. The van der Waals surface area contributed by atoms with Gasteiger partial charge in [-0.3, -0.25) is 9.69 Å². The van der Waals surface area contributed by atoms with Crippen LogP contribution in [0.1, 0.15) is 17.5 Å². The van der Waals surface area contributed by atoms with E-state index in [1.54, 1.807) is 4.90 Å². The van der Waals surface area contributed by atoms with Crippen molar-refractivity contribution < 1.29 is 14.7 Å². The van der Waals surface area contributed by atoms with E-state index in [4.69, 9.17) is 5.11 Å². The van der Waals surface area contributed by atoms with E-state index < -0.39 is 5.97 Å². The molecule has 1 unspecified atom stereocenters. The Kier molecular flexibility index (Phi) is 3.23. The summed E-state index contributed by atoms with van der Waals surface area (Å²) in [4.78, 5) is 24.2. The third-order valence-electron chi connectivity index (χ3n) is 3.11. The van der Waals surface area contributed by atoms with Gasteiger partial charge in [0.1, 0.15) is 0 Å². The topological polar surface area (TPSA) is 69.6 Å². The van der Waals surface area contributed by atoms with Crippen LogP contribution in [0.2, 0.25) is 0 Å². The van der Waals surface area contributed by atoms with Gasteiger partial charge in [0.05, 0.1) is 12.5 Å². The molecule has 0 radical (unpaired) electrons. The second-order valence-electron chi connectivity index (χ2n) is 4.60. The van der Waals surface area contributed by atoms with Crippen LogP contribution in [0.5, 0.6) is 0 Å². The fourth-order valence-corrected chi connectivity index (χ4v) is 2.20. The third kappa shape index (κ3) is 2.30. The van der Waals surface area contributed by atoms with Crippen molar-refractivity contribution in [1.29, 1.82) is 0 Å². The largest absolute Gasteiger partial charge is 0.481 e. The monoisotopic (exact) mass is 248 g/mol. The van der Waals surface area contributed by atoms with E-state index in [2.05, 4.69) is 5.32 Å². The Balaban J connectivity index is 2.36. The average molecular weight is 248 g/mol. The predicted molar refractivity (Wildman–Crippen MR) is 67.8 cm³/mol. The van der Waals surface area contributed by atoms with Crippen molar-refractivity contribution in [2.75, 3.05) is 11.4 Å². The SMILES string of the molecule is Cc1ccc(C)c(N2C(=O)NCC2CC(=O)O)c1. The smallest absolute Gasteiger partial charge is 0.322 e. The van der Waals surface area contributed by atoms with E-state index in [9.17, 15) is 9.59 Å². The lowest BCUT2D eigenvalue weighted by atomic mass is 10.1. The molecule has 1 saturated heterocycles. The fraction of sp³-hybridized carbons (Fsp3) is 0.385. The Morgan fingerprint density at radius 3 is 2.89 bits per heavy atom. The van der Waals surface area contributed by atoms with E-state index in [-0.39, 0.29) is 18.5 Å². The van der Waals surface area contributed by atoms with Gasteiger partial charge >= 0.3 is 12.0 Å². The summed E-state index contributed by atoms with van der Waals surface area (Å²) in [5, 5.41) is 11.6. The van der Waals surface area contributed by atoms with Crippen molar-refractivity contribution in [2.45, 2.75) is 26.3 Å². The van der Waals surface area contributed by atoms with Crippen LogP contribution in [0.15, 0.2) is 18.2 Å². The number of nitrogens with one attached hydrogen (secondary N) is 1. The molecule has 2 amide bonds. The minimum absolute atomic E-state index is 0.0495. The first kappa shape index (κ1) is 12.4. The number of aryl methyl sites for hydroxylation is 2. The van der Waals surface area contributed by atoms with E-state index in [0.29, 0.717) is 6.54 Å². The lowest BCUT2D eigenvalue weighted by molar-refractivity contribution is -0.137. The molecule has 1 atom stereocenters. The summed E-state index contributed by atoms with van der Waals surface area (Å²) in [7, 11) is 0. The van der Waals surface area contributed by atoms with Gasteiger partial charge in [-0.1, -0.05) is 12.1 Å². The summed E-state index contributed by atoms with van der Waals surface area (Å²) in [5.41, 5.74) is 2.80. The third-order valence-corrected chi connectivity index (χ3v) is 3.11. The second-order valence-corrected chi connectivity index (χ2v) is 4.60. The molecule has 2 rings (SSSR count). The number of carboxylic acid groups (broad SMARTS) is 1. The van der Waals surface area contributed by atoms with Gasteiger partial charge in [0.2, 0.25) is 0 Å². The molecule has 1 aromatic rings. The Bertz CT molecular complexity index is 499. The molecule has 18 heavy (non-hydrogen) atoms. The first-order chi connectivity index (χ1) is 8.49. The molecule has 2 N–H and O–H groups in total. The standard InChI is InChI=1S/C13H16N2O3/c1-8-3-4-9(2)11(5-8)15-10(6-12(16)17)7-14-13(15)18/h3-5,10H,6-7H2,1-2H3,(H,14,18)(H,16,17). The maximum absolute atomic E-state index is 11.9. The molecule has 0 aromatic heterocycles. The van der Waals surface area contributed by atoms with Crippen LogP contribution in [-0.2, 0) is 4.79 Å². The van der Waals surface area contributed by atoms with E-state index in [0.717, 1.165) is 16.8 Å². The molecule has 5 heteroatoms. The average Bonchev–Trinajstić information content (AvgIpc) is 2.63. The number of urea groups is 1. The van der Waals surface area contributed by atoms with Crippen molar-refractivity contribution in [2.24, 2.45) is 0 Å². The molecule has 0 aliphatic carbocycles. The van der Waals surface area contributed by atoms with Crippen LogP contribution in [0, 0.1) is 13.8 Å². The summed E-state index contributed by atoms with van der Waals surface area (Å²) in [6.07, 6.45) is -0.0495. The molecule has 0 bridgehead atoms. The predicted octanol–water partition coefficient (Wildman–Crippen LogP) is 1.68. The van der Waals surface area contributed by atoms with Gasteiger partial charge in [0.15, 0.2) is 0 Å². The molecule has 1 aliphatic heterocycles. The van der Waals surface area contributed by atoms with Gasteiger partial charge < -0.3 is 10.4 Å². The number of anilines is 1. The van der Waals surface area contributed by atoms with Crippen molar-refractivity contribution in [3.8, 4) is 0 Å². The summed E-state index contributed by atoms with van der Waals surface area (Å²) < 4.78 is 0. The maximum Gasteiger partial charge on any atom is 0.322 e. The van der Waals surface area contributed by atoms with Crippen LogP contribution in [-0.4, -0.2) is 29.7 Å². The molecule has 1 aromatic carbocycles. The number of carbonyl (C=O) groups excluding carboxylic acids is 1. The fourth-order valence-electron chi connectivity index (χ4n) is 2.20. The molecule has 0 saturated carbocycles. The lowest BCUT2D eigenvalue weighted by Gasteiger charge is -2.24. The first-order valence-corrected chi connectivity index (χ1v) is 5.85. The molecule has 5 nitrogen and oxygen atoms in total. The van der Waals surface area contributed by atoms with Crippen molar-refractivity contribution in [3.63, 3.8) is 0 Å². The van der Waals surface area contributed by atoms with Crippen molar-refractivity contribution in [1.82, 2.24) is 5.32 Å². The van der Waals surface area contributed by atoms with Gasteiger partial charge in [-0.25, -0.2) is 4.79 Å². The summed E-state index contributed by atoms with van der Waals surface area (Å²) >= 11 is 0. The second kappa shape index (κ2) is 4.68. The number of rotatable bonds is 3. The van der Waals surface area contributed by atoms with Crippen LogP contribution >= 0.6 is 0 Å². The zero-order chi connectivity index (χ0) is 13.3. The summed E-state index contributed by atoms with van der Waals surface area (Å²) in [6, 6.07) is 5.27. The van der Waals surface area contributed by atoms with Crippen molar-refractivity contribution >= 4 is 17.7 Å². The number of carbonyl (C=O) groups is 2. The van der Waals surface area contributed by atoms with Gasteiger partial charge in [-0.15, -0.1) is 0 Å². The van der Waals surface area contributed by atoms with Gasteiger partial charge in [0.25, 0.3) is 0 Å². The highest BCUT2D eigenvalue weighted by Gasteiger charge is 2.34. The highest BCUT2D eigenvalue weighted by molar-refractivity contribution is 5.96. The molecule has 96 valence electrons. The summed E-state index contributed by atoms with van der Waals surface area (Å²) in [5.74, 6) is -0.896. The first-order valence-electron chi connectivity index (χ1n) is 5.85. The number of aliphatic carboxylic acids is 1. The number of amides is 2. The lowest BCUT2D eigenvalue weighted by Crippen LogP contribution is -2.36. The van der Waals surface area contributed by atoms with Gasteiger partial charge in [-0.2, -0.15) is 0 Å². The van der Waals surface area contributed by atoms with E-state index in [1.807, 2.05) is 32.0 Å². The number of hydrogen-bond acceptors (Lipinski definition) is 2. The quantitative estimate of drug-likeness (QED) is 0.855. The van der Waals surface area contributed by atoms with Crippen LogP contribution in [0.4, 0.5) is 10.5 Å². The van der Waals surface area contributed by atoms with Crippen LogP contribution in [0.3, 0.4) is 0 Å². The highest BCUT2D eigenvalue weighted by Crippen LogP contribution is 2.26. The van der Waals surface area contributed by atoms with Gasteiger partial charge in [0, 0.05) is 12.2 Å². The Morgan fingerprint density at radius 2 is 2.22 bits per heavy atom. The normalized spacial score (nSPS) is 18.9. The molecule has 1 heterocycles. The van der Waals surface area contributed by atoms with Crippen molar-refractivity contribution in [3.05, 3.63) is 29.3 Å². The highest BCUT2D eigenvalue weighted by atomic mass is 16.4. The number of hydrogen-bond donors (Lipinski definition) is 2. The molecule has 1 fully saturated rings. The van der Waals surface area contributed by atoms with Gasteiger partial charge in [-0.05, 0) is 31.0 Å². The minimum atomic E-state index is -0.896. The number of benzene rings is 1. The molecular weight excluding hydrogens is 232 g/mol. The molecule has 0 spiro atoms. The molecular formula is C13H16N2O3. The Morgan fingerprint density at radius 1 is 1.50 bits per heavy atom. The Labute approximate surface area is 105 Å². The zero-order valence-electron chi connectivity index (χ0n) is 10.4. The Hall–Kier alpha value is -2.04. The van der Waals surface area contributed by atoms with E-state index >= 15 is 0 Å². The van der Waals surface area contributed by atoms with Crippen LogP contribution < -0.4 is 10.2 Å². The van der Waals surface area contributed by atoms with Crippen LogP contribution in [0.25, 0.3) is 0 Å². The number of nitrogens with zero attached hydrogens (tertiary/aromatic N) is 1. The summed E-state index contributed by atoms with van der Waals surface area (Å²) in [6.45, 7) is 4.24. The zero-order valence-corrected chi connectivity index (χ0v) is 10.4. The molecule has 1 aliphatic rings. The van der Waals surface area contributed by atoms with E-state index in [1.165, 1.54) is 0 Å². The maximum atomic E-state index is 11.9.